The van der Waals surface area contributed by atoms with Gasteiger partial charge in [-0.05, 0) is 36.8 Å². The quantitative estimate of drug-likeness (QED) is 0.890. The van der Waals surface area contributed by atoms with Gasteiger partial charge in [-0.15, -0.1) is 0 Å². The fourth-order valence-electron chi connectivity index (χ4n) is 3.05. The lowest BCUT2D eigenvalue weighted by molar-refractivity contribution is 0.432. The van der Waals surface area contributed by atoms with Crippen molar-refractivity contribution in [3.63, 3.8) is 0 Å². The molecule has 2 atom stereocenters. The molecule has 2 unspecified atom stereocenters. The molecule has 100 valence electrons. The number of fused-ring (bicyclic) bond motifs is 1. The van der Waals surface area contributed by atoms with Gasteiger partial charge in [0.2, 0.25) is 0 Å². The monoisotopic (exact) mass is 255 g/mol. The molecule has 1 aliphatic carbocycles. The molecule has 0 bridgehead atoms. The van der Waals surface area contributed by atoms with E-state index in [0.29, 0.717) is 12.0 Å². The van der Waals surface area contributed by atoms with Gasteiger partial charge in [-0.1, -0.05) is 31.2 Å². The van der Waals surface area contributed by atoms with Gasteiger partial charge in [-0.2, -0.15) is 5.10 Å². The molecule has 3 heteroatoms. The Morgan fingerprint density at radius 2 is 2.11 bits per heavy atom. The Balaban J connectivity index is 1.93. The number of nitrogens with one attached hydrogen (secondary N) is 1. The van der Waals surface area contributed by atoms with Gasteiger partial charge in [-0.3, -0.25) is 4.68 Å². The number of aromatic nitrogens is 2. The van der Waals surface area contributed by atoms with Crippen LogP contribution >= 0.6 is 0 Å². The van der Waals surface area contributed by atoms with Crippen LogP contribution in [0.3, 0.4) is 0 Å². The molecule has 0 amide bonds. The Morgan fingerprint density at radius 1 is 1.32 bits per heavy atom. The average Bonchev–Trinajstić information content (AvgIpc) is 2.71. The summed E-state index contributed by atoms with van der Waals surface area (Å²) in [6.07, 6.45) is 2.44. The van der Waals surface area contributed by atoms with Crippen molar-refractivity contribution in [2.75, 3.05) is 5.32 Å². The lowest BCUT2D eigenvalue weighted by atomic mass is 9.81. The number of anilines is 1. The number of nitrogens with zero attached hydrogens (tertiary/aromatic N) is 2. The zero-order valence-corrected chi connectivity index (χ0v) is 11.9. The van der Waals surface area contributed by atoms with E-state index in [9.17, 15) is 0 Å². The molecule has 1 aliphatic rings. The first kappa shape index (κ1) is 12.3. The van der Waals surface area contributed by atoms with Crippen LogP contribution in [0.2, 0.25) is 0 Å². The molecule has 0 spiro atoms. The van der Waals surface area contributed by atoms with Crippen molar-refractivity contribution in [2.45, 2.75) is 32.7 Å². The summed E-state index contributed by atoms with van der Waals surface area (Å²) < 4.78 is 1.93. The lowest BCUT2D eigenvalue weighted by Crippen LogP contribution is -2.25. The van der Waals surface area contributed by atoms with Crippen LogP contribution in [0.1, 0.15) is 36.2 Å². The topological polar surface area (TPSA) is 29.9 Å². The van der Waals surface area contributed by atoms with Crippen LogP contribution in [-0.2, 0) is 13.5 Å². The number of hydrogen-bond donors (Lipinski definition) is 1. The first-order valence-electron chi connectivity index (χ1n) is 7.00. The van der Waals surface area contributed by atoms with Gasteiger partial charge >= 0.3 is 0 Å². The standard InChI is InChI=1S/C16H21N3/c1-11-8-9-13-6-4-5-7-14(13)16(11)17-15-10-12(2)18-19(15)3/h4-7,10-11,16-17H,8-9H2,1-3H3. The van der Waals surface area contributed by atoms with Crippen molar-refractivity contribution in [3.8, 4) is 0 Å². The number of hydrogen-bond acceptors (Lipinski definition) is 2. The largest absolute Gasteiger partial charge is 0.363 e. The Morgan fingerprint density at radius 3 is 2.84 bits per heavy atom. The van der Waals surface area contributed by atoms with E-state index in [0.717, 1.165) is 11.5 Å². The zero-order valence-electron chi connectivity index (χ0n) is 11.9. The van der Waals surface area contributed by atoms with Crippen molar-refractivity contribution in [2.24, 2.45) is 13.0 Å². The normalized spacial score (nSPS) is 22.1. The van der Waals surface area contributed by atoms with Crippen molar-refractivity contribution in [1.82, 2.24) is 9.78 Å². The van der Waals surface area contributed by atoms with Crippen LogP contribution in [-0.4, -0.2) is 9.78 Å². The molecule has 1 aromatic heterocycles. The molecule has 1 heterocycles. The summed E-state index contributed by atoms with van der Waals surface area (Å²) in [5.74, 6) is 1.75. The van der Waals surface area contributed by atoms with E-state index in [4.69, 9.17) is 0 Å². The van der Waals surface area contributed by atoms with Crippen LogP contribution in [0.4, 0.5) is 5.82 Å². The summed E-state index contributed by atoms with van der Waals surface area (Å²) in [6.45, 7) is 4.36. The van der Waals surface area contributed by atoms with Gasteiger partial charge in [0.15, 0.2) is 0 Å². The van der Waals surface area contributed by atoms with Crippen LogP contribution in [0.15, 0.2) is 30.3 Å². The van der Waals surface area contributed by atoms with Crippen molar-refractivity contribution >= 4 is 5.82 Å². The molecule has 0 saturated carbocycles. The minimum atomic E-state index is 0.389. The third-order valence-corrected chi connectivity index (χ3v) is 4.13. The van der Waals surface area contributed by atoms with Gasteiger partial charge in [-0.25, -0.2) is 0 Å². The van der Waals surface area contributed by atoms with Gasteiger partial charge in [0.05, 0.1) is 11.7 Å². The minimum Gasteiger partial charge on any atom is -0.363 e. The summed E-state index contributed by atoms with van der Waals surface area (Å²) in [6, 6.07) is 11.3. The van der Waals surface area contributed by atoms with Crippen molar-refractivity contribution in [1.29, 1.82) is 0 Å². The molecular formula is C16H21N3. The van der Waals surface area contributed by atoms with Gasteiger partial charge in [0.1, 0.15) is 5.82 Å². The first-order valence-corrected chi connectivity index (χ1v) is 7.00. The highest BCUT2D eigenvalue weighted by atomic mass is 15.3. The highest BCUT2D eigenvalue weighted by molar-refractivity contribution is 5.43. The average molecular weight is 255 g/mol. The second-order valence-electron chi connectivity index (χ2n) is 5.63. The minimum absolute atomic E-state index is 0.389. The summed E-state index contributed by atoms with van der Waals surface area (Å²) in [5.41, 5.74) is 3.99. The Kier molecular flexibility index (Phi) is 3.05. The predicted octanol–water partition coefficient (Wildman–Crippen LogP) is 3.46. The molecule has 0 aliphatic heterocycles. The molecule has 3 nitrogen and oxygen atoms in total. The van der Waals surface area contributed by atoms with E-state index in [1.54, 1.807) is 0 Å². The molecule has 2 aromatic rings. The summed E-state index contributed by atoms with van der Waals surface area (Å²) in [7, 11) is 1.99. The van der Waals surface area contributed by atoms with Crippen LogP contribution in [0.5, 0.6) is 0 Å². The molecule has 0 saturated heterocycles. The third-order valence-electron chi connectivity index (χ3n) is 4.13. The Bertz CT molecular complexity index is 585. The summed E-state index contributed by atoms with van der Waals surface area (Å²) in [5, 5.41) is 8.09. The molecule has 3 rings (SSSR count). The Labute approximate surface area is 114 Å². The van der Waals surface area contributed by atoms with Crippen LogP contribution in [0, 0.1) is 12.8 Å². The SMILES string of the molecule is Cc1cc(NC2c3ccccc3CCC2C)n(C)n1. The number of rotatable bonds is 2. The highest BCUT2D eigenvalue weighted by Gasteiger charge is 2.26. The predicted molar refractivity (Wildman–Crippen MR) is 78.2 cm³/mol. The molecule has 1 aromatic carbocycles. The fraction of sp³-hybridized carbons (Fsp3) is 0.438. The molecule has 0 radical (unpaired) electrons. The molecule has 1 N–H and O–H groups in total. The lowest BCUT2D eigenvalue weighted by Gasteiger charge is -2.32. The molecular weight excluding hydrogens is 234 g/mol. The summed E-state index contributed by atoms with van der Waals surface area (Å²) in [4.78, 5) is 0. The third kappa shape index (κ3) is 2.25. The second kappa shape index (κ2) is 4.72. The van der Waals surface area contributed by atoms with E-state index in [-0.39, 0.29) is 0 Å². The fourth-order valence-corrected chi connectivity index (χ4v) is 3.05. The zero-order chi connectivity index (χ0) is 13.4. The molecule has 19 heavy (non-hydrogen) atoms. The van der Waals surface area contributed by atoms with Crippen LogP contribution in [0.25, 0.3) is 0 Å². The second-order valence-corrected chi connectivity index (χ2v) is 5.63. The highest BCUT2D eigenvalue weighted by Crippen LogP contribution is 2.36. The molecule has 0 fully saturated rings. The first-order chi connectivity index (χ1) is 9.15. The van der Waals surface area contributed by atoms with Crippen LogP contribution < -0.4 is 5.32 Å². The van der Waals surface area contributed by atoms with E-state index in [2.05, 4.69) is 47.7 Å². The van der Waals surface area contributed by atoms with Crippen molar-refractivity contribution < 1.29 is 0 Å². The number of benzene rings is 1. The maximum absolute atomic E-state index is 4.41. The van der Waals surface area contributed by atoms with Gasteiger partial charge < -0.3 is 5.32 Å². The number of aryl methyl sites for hydroxylation is 3. The van der Waals surface area contributed by atoms with Gasteiger partial charge in [0, 0.05) is 13.1 Å². The maximum Gasteiger partial charge on any atom is 0.124 e. The van der Waals surface area contributed by atoms with Gasteiger partial charge in [0.25, 0.3) is 0 Å². The van der Waals surface area contributed by atoms with E-state index >= 15 is 0 Å². The van der Waals surface area contributed by atoms with E-state index in [1.165, 1.54) is 24.0 Å². The van der Waals surface area contributed by atoms with Crippen molar-refractivity contribution in [3.05, 3.63) is 47.2 Å². The smallest absolute Gasteiger partial charge is 0.124 e. The van der Waals surface area contributed by atoms with E-state index in [1.807, 2.05) is 18.7 Å². The maximum atomic E-state index is 4.41. The van der Waals surface area contributed by atoms with E-state index < -0.39 is 0 Å². The Hall–Kier alpha value is -1.77. The summed E-state index contributed by atoms with van der Waals surface area (Å²) >= 11 is 0.